The van der Waals surface area contributed by atoms with Crippen molar-refractivity contribution in [3.8, 4) is 0 Å². The second kappa shape index (κ2) is 6.45. The fraction of sp³-hybridized carbons (Fsp3) is 0.308. The molecule has 1 aromatic carbocycles. The van der Waals surface area contributed by atoms with Gasteiger partial charge in [0.05, 0.1) is 12.3 Å². The predicted octanol–water partition coefficient (Wildman–Crippen LogP) is 1.53. The molecule has 0 fully saturated rings. The quantitative estimate of drug-likeness (QED) is 0.847. The molecule has 0 saturated heterocycles. The minimum atomic E-state index is -3.36. The van der Waals surface area contributed by atoms with E-state index in [1.165, 1.54) is 11.3 Å². The third kappa shape index (κ3) is 4.38. The number of aromatic nitrogens is 1. The van der Waals surface area contributed by atoms with E-state index in [0.29, 0.717) is 6.54 Å². The molecule has 5 nitrogen and oxygen atoms in total. The summed E-state index contributed by atoms with van der Waals surface area (Å²) in [7, 11) is -3.36. The van der Waals surface area contributed by atoms with Crippen LogP contribution in [0.3, 0.4) is 0 Å². The molecule has 2 rings (SSSR count). The number of benzene rings is 1. The number of sulfonamides is 1. The van der Waals surface area contributed by atoms with Crippen molar-refractivity contribution in [2.75, 3.05) is 0 Å². The van der Waals surface area contributed by atoms with E-state index in [2.05, 4.69) is 9.71 Å². The third-order valence-electron chi connectivity index (χ3n) is 2.73. The molecule has 20 heavy (non-hydrogen) atoms. The normalized spacial score (nSPS) is 11.7. The smallest absolute Gasteiger partial charge is 0.216 e. The zero-order valence-corrected chi connectivity index (χ0v) is 12.8. The molecule has 3 N–H and O–H groups in total. The summed E-state index contributed by atoms with van der Waals surface area (Å²) in [5.74, 6) is -0.0395. The summed E-state index contributed by atoms with van der Waals surface area (Å²) < 4.78 is 26.5. The van der Waals surface area contributed by atoms with Gasteiger partial charge in [-0.15, -0.1) is 11.3 Å². The lowest BCUT2D eigenvalue weighted by atomic mass is 10.1. The van der Waals surface area contributed by atoms with Crippen LogP contribution < -0.4 is 10.5 Å². The average molecular weight is 311 g/mol. The molecule has 0 unspecified atom stereocenters. The Morgan fingerprint density at radius 3 is 2.45 bits per heavy atom. The van der Waals surface area contributed by atoms with Crippen molar-refractivity contribution in [1.29, 1.82) is 0 Å². The van der Waals surface area contributed by atoms with Crippen LogP contribution in [-0.4, -0.2) is 13.4 Å². The highest BCUT2D eigenvalue weighted by atomic mass is 32.2. The summed E-state index contributed by atoms with van der Waals surface area (Å²) in [5, 5.41) is 0.768. The van der Waals surface area contributed by atoms with Gasteiger partial charge in [0, 0.05) is 17.6 Å². The molecule has 0 bridgehead atoms. The summed E-state index contributed by atoms with van der Waals surface area (Å²) in [6.07, 6.45) is 1.74. The second-order valence-corrected chi connectivity index (χ2v) is 7.59. The SMILES string of the molecule is Cc1cnc(CNS(=O)(=O)Cc2ccc(CN)cc2)s1. The number of hydrogen-bond acceptors (Lipinski definition) is 5. The van der Waals surface area contributed by atoms with Crippen molar-refractivity contribution in [3.05, 3.63) is 51.5 Å². The van der Waals surface area contributed by atoms with Crippen LogP contribution in [0.2, 0.25) is 0 Å². The molecule has 0 saturated carbocycles. The molecule has 0 amide bonds. The minimum Gasteiger partial charge on any atom is -0.326 e. The molecule has 7 heteroatoms. The van der Waals surface area contributed by atoms with Gasteiger partial charge < -0.3 is 5.73 Å². The van der Waals surface area contributed by atoms with E-state index in [0.717, 1.165) is 21.0 Å². The van der Waals surface area contributed by atoms with E-state index >= 15 is 0 Å². The maximum absolute atomic E-state index is 12.0. The molecule has 2 aromatic rings. The maximum atomic E-state index is 12.0. The predicted molar refractivity (Wildman–Crippen MR) is 80.6 cm³/mol. The summed E-state index contributed by atoms with van der Waals surface area (Å²) in [4.78, 5) is 5.19. The molecule has 1 aromatic heterocycles. The van der Waals surface area contributed by atoms with Gasteiger partial charge in [-0.2, -0.15) is 0 Å². The van der Waals surface area contributed by atoms with E-state index in [4.69, 9.17) is 5.73 Å². The first-order chi connectivity index (χ1) is 9.48. The van der Waals surface area contributed by atoms with Crippen molar-refractivity contribution in [2.24, 2.45) is 5.73 Å². The Labute approximate surface area is 122 Å². The number of nitrogens with two attached hydrogens (primary N) is 1. The Morgan fingerprint density at radius 2 is 1.90 bits per heavy atom. The zero-order chi connectivity index (χ0) is 14.6. The number of thiazole rings is 1. The molecule has 0 aliphatic rings. The van der Waals surface area contributed by atoms with Gasteiger partial charge in [-0.25, -0.2) is 18.1 Å². The van der Waals surface area contributed by atoms with Crippen molar-refractivity contribution < 1.29 is 8.42 Å². The Morgan fingerprint density at radius 1 is 1.25 bits per heavy atom. The highest BCUT2D eigenvalue weighted by Gasteiger charge is 2.12. The topological polar surface area (TPSA) is 85.1 Å². The first-order valence-electron chi connectivity index (χ1n) is 6.15. The number of nitrogens with zero attached hydrogens (tertiary/aromatic N) is 1. The number of nitrogens with one attached hydrogen (secondary N) is 1. The maximum Gasteiger partial charge on any atom is 0.216 e. The second-order valence-electron chi connectivity index (χ2n) is 4.47. The molecule has 0 aliphatic heterocycles. The summed E-state index contributed by atoms with van der Waals surface area (Å²) in [6.45, 7) is 2.63. The first-order valence-corrected chi connectivity index (χ1v) is 8.62. The van der Waals surface area contributed by atoms with E-state index in [1.54, 1.807) is 18.3 Å². The van der Waals surface area contributed by atoms with Crippen molar-refractivity contribution >= 4 is 21.4 Å². The molecular weight excluding hydrogens is 294 g/mol. The van der Waals surface area contributed by atoms with E-state index in [9.17, 15) is 8.42 Å². The Balaban J connectivity index is 1.96. The van der Waals surface area contributed by atoms with Gasteiger partial charge in [0.1, 0.15) is 5.01 Å². The Hall–Kier alpha value is -1.28. The lowest BCUT2D eigenvalue weighted by molar-refractivity contribution is 0.580. The zero-order valence-electron chi connectivity index (χ0n) is 11.2. The standard InChI is InChI=1S/C13H17N3O2S2/c1-10-7-15-13(19-10)8-16-20(17,18)9-12-4-2-11(6-14)3-5-12/h2-5,7,16H,6,8-9,14H2,1H3. The van der Waals surface area contributed by atoms with Gasteiger partial charge in [0.25, 0.3) is 0 Å². The van der Waals surface area contributed by atoms with Crippen molar-refractivity contribution in [2.45, 2.75) is 25.8 Å². The summed E-state index contributed by atoms with van der Waals surface area (Å²) in [5.41, 5.74) is 7.23. The highest BCUT2D eigenvalue weighted by molar-refractivity contribution is 7.88. The largest absolute Gasteiger partial charge is 0.326 e. The molecule has 0 aliphatic carbocycles. The van der Waals surface area contributed by atoms with Crippen LogP contribution in [0.15, 0.2) is 30.5 Å². The van der Waals surface area contributed by atoms with Gasteiger partial charge in [-0.05, 0) is 18.1 Å². The number of rotatable bonds is 6. The average Bonchev–Trinajstić information content (AvgIpc) is 2.83. The monoisotopic (exact) mass is 311 g/mol. The van der Waals surface area contributed by atoms with Crippen LogP contribution in [0.25, 0.3) is 0 Å². The van der Waals surface area contributed by atoms with E-state index in [1.807, 2.05) is 19.1 Å². The van der Waals surface area contributed by atoms with Crippen LogP contribution in [0.1, 0.15) is 21.0 Å². The van der Waals surface area contributed by atoms with Gasteiger partial charge in [-0.1, -0.05) is 24.3 Å². The fourth-order valence-electron chi connectivity index (χ4n) is 1.70. The number of aryl methyl sites for hydroxylation is 1. The molecule has 0 radical (unpaired) electrons. The van der Waals surface area contributed by atoms with E-state index in [-0.39, 0.29) is 12.3 Å². The minimum absolute atomic E-state index is 0.0395. The third-order valence-corrected chi connectivity index (χ3v) is 4.94. The highest BCUT2D eigenvalue weighted by Crippen LogP contribution is 2.12. The van der Waals surface area contributed by atoms with Crippen LogP contribution in [0.4, 0.5) is 0 Å². The van der Waals surface area contributed by atoms with Gasteiger partial charge in [0.15, 0.2) is 0 Å². The van der Waals surface area contributed by atoms with Crippen LogP contribution in [0.5, 0.6) is 0 Å². The summed E-state index contributed by atoms with van der Waals surface area (Å²) in [6, 6.07) is 7.26. The van der Waals surface area contributed by atoms with Gasteiger partial charge >= 0.3 is 0 Å². The van der Waals surface area contributed by atoms with Gasteiger partial charge in [-0.3, -0.25) is 0 Å². The molecule has 0 spiro atoms. The Kier molecular flexibility index (Phi) is 4.87. The van der Waals surface area contributed by atoms with E-state index < -0.39 is 10.0 Å². The molecular formula is C13H17N3O2S2. The first kappa shape index (κ1) is 15.1. The Bertz CT molecular complexity index is 663. The molecule has 0 atom stereocenters. The lowest BCUT2D eigenvalue weighted by Gasteiger charge is -2.06. The fourth-order valence-corrected chi connectivity index (χ4v) is 3.61. The van der Waals surface area contributed by atoms with Crippen LogP contribution >= 0.6 is 11.3 Å². The van der Waals surface area contributed by atoms with Crippen LogP contribution in [-0.2, 0) is 28.9 Å². The van der Waals surface area contributed by atoms with Gasteiger partial charge in [0.2, 0.25) is 10.0 Å². The summed E-state index contributed by atoms with van der Waals surface area (Å²) >= 11 is 1.49. The number of hydrogen-bond donors (Lipinski definition) is 2. The van der Waals surface area contributed by atoms with Crippen molar-refractivity contribution in [1.82, 2.24) is 9.71 Å². The lowest BCUT2D eigenvalue weighted by Crippen LogP contribution is -2.24. The van der Waals surface area contributed by atoms with Crippen molar-refractivity contribution in [3.63, 3.8) is 0 Å². The molecule has 1 heterocycles. The molecule has 108 valence electrons. The van der Waals surface area contributed by atoms with Crippen LogP contribution in [0, 0.1) is 6.92 Å².